The molecule has 0 spiro atoms. The highest BCUT2D eigenvalue weighted by atomic mass is 32.2. The van der Waals surface area contributed by atoms with E-state index in [1.165, 1.54) is 24.3 Å². The number of halogens is 3. The standard InChI is InChI=1S/C14H11F3N2O3S/c15-14(16,17)10-2-1-3-12(8-10)23(21,22)19-11-6-4-9(5-7-11)13(18)20/h1-8,19H,(H2,18,20). The van der Waals surface area contributed by atoms with Crippen LogP contribution < -0.4 is 10.5 Å². The molecule has 0 heterocycles. The highest BCUT2D eigenvalue weighted by molar-refractivity contribution is 7.92. The van der Waals surface area contributed by atoms with Crippen LogP contribution in [0.25, 0.3) is 0 Å². The molecule has 0 radical (unpaired) electrons. The molecule has 0 aliphatic carbocycles. The van der Waals surface area contributed by atoms with Crippen LogP contribution >= 0.6 is 0 Å². The van der Waals surface area contributed by atoms with Crippen LogP contribution in [0.15, 0.2) is 53.4 Å². The predicted octanol–water partition coefficient (Wildman–Crippen LogP) is 2.61. The van der Waals surface area contributed by atoms with Crippen LogP contribution in [-0.2, 0) is 16.2 Å². The van der Waals surface area contributed by atoms with Gasteiger partial charge in [0.1, 0.15) is 0 Å². The van der Waals surface area contributed by atoms with Crippen molar-refractivity contribution in [3.8, 4) is 0 Å². The van der Waals surface area contributed by atoms with Crippen LogP contribution in [0.5, 0.6) is 0 Å². The molecule has 0 unspecified atom stereocenters. The van der Waals surface area contributed by atoms with Gasteiger partial charge in [-0.1, -0.05) is 6.07 Å². The van der Waals surface area contributed by atoms with Crippen LogP contribution in [-0.4, -0.2) is 14.3 Å². The fraction of sp³-hybridized carbons (Fsp3) is 0.0714. The molecule has 122 valence electrons. The van der Waals surface area contributed by atoms with Gasteiger partial charge in [-0.15, -0.1) is 0 Å². The molecule has 0 saturated heterocycles. The van der Waals surface area contributed by atoms with Crippen LogP contribution in [0.4, 0.5) is 18.9 Å². The quantitative estimate of drug-likeness (QED) is 0.893. The number of nitrogens with one attached hydrogen (secondary N) is 1. The number of amides is 1. The second kappa shape index (κ2) is 5.92. The normalized spacial score (nSPS) is 12.0. The highest BCUT2D eigenvalue weighted by Gasteiger charge is 2.31. The number of hydrogen-bond donors (Lipinski definition) is 2. The molecule has 2 aromatic rings. The first-order chi connectivity index (χ1) is 10.6. The first-order valence-corrected chi connectivity index (χ1v) is 7.68. The number of carbonyl (C=O) groups excluding carboxylic acids is 1. The molecule has 3 N–H and O–H groups in total. The van der Waals surface area contributed by atoms with Crippen molar-refractivity contribution in [1.29, 1.82) is 0 Å². The molecule has 2 rings (SSSR count). The first-order valence-electron chi connectivity index (χ1n) is 6.19. The summed E-state index contributed by atoms with van der Waals surface area (Å²) in [5, 5.41) is 0. The van der Waals surface area contributed by atoms with E-state index < -0.39 is 32.6 Å². The number of sulfonamides is 1. The van der Waals surface area contributed by atoms with Crippen molar-refractivity contribution in [1.82, 2.24) is 0 Å². The van der Waals surface area contributed by atoms with E-state index in [4.69, 9.17) is 5.73 Å². The molecule has 0 saturated carbocycles. The Hall–Kier alpha value is -2.55. The molecule has 0 aliphatic heterocycles. The molecule has 0 aromatic heterocycles. The van der Waals surface area contributed by atoms with E-state index >= 15 is 0 Å². The summed E-state index contributed by atoms with van der Waals surface area (Å²) in [7, 11) is -4.20. The van der Waals surface area contributed by atoms with Gasteiger partial charge in [0.2, 0.25) is 5.91 Å². The van der Waals surface area contributed by atoms with Crippen molar-refractivity contribution < 1.29 is 26.4 Å². The zero-order chi connectivity index (χ0) is 17.3. The lowest BCUT2D eigenvalue weighted by Crippen LogP contribution is -2.15. The maximum Gasteiger partial charge on any atom is 0.416 e. The molecule has 23 heavy (non-hydrogen) atoms. The molecule has 0 fully saturated rings. The van der Waals surface area contributed by atoms with E-state index in [2.05, 4.69) is 4.72 Å². The molecule has 9 heteroatoms. The number of carbonyl (C=O) groups is 1. The van der Waals surface area contributed by atoms with Crippen molar-refractivity contribution >= 4 is 21.6 Å². The smallest absolute Gasteiger partial charge is 0.366 e. The Morgan fingerprint density at radius 3 is 2.17 bits per heavy atom. The van der Waals surface area contributed by atoms with Gasteiger partial charge in [-0.25, -0.2) is 8.42 Å². The maximum atomic E-state index is 12.6. The summed E-state index contributed by atoms with van der Waals surface area (Å²) < 4.78 is 64.3. The van der Waals surface area contributed by atoms with Crippen molar-refractivity contribution in [2.24, 2.45) is 5.73 Å². The van der Waals surface area contributed by atoms with E-state index in [0.29, 0.717) is 6.07 Å². The van der Waals surface area contributed by atoms with Gasteiger partial charge in [-0.2, -0.15) is 13.2 Å². The second-order valence-corrected chi connectivity index (χ2v) is 6.26. The first kappa shape index (κ1) is 16.8. The number of anilines is 1. The zero-order valence-electron chi connectivity index (χ0n) is 11.5. The lowest BCUT2D eigenvalue weighted by Gasteiger charge is -2.11. The van der Waals surface area contributed by atoms with E-state index in [1.807, 2.05) is 0 Å². The minimum absolute atomic E-state index is 0.0902. The molecule has 2 aromatic carbocycles. The fourth-order valence-electron chi connectivity index (χ4n) is 1.76. The van der Waals surface area contributed by atoms with E-state index in [-0.39, 0.29) is 11.3 Å². The van der Waals surface area contributed by atoms with Crippen molar-refractivity contribution in [3.05, 3.63) is 59.7 Å². The van der Waals surface area contributed by atoms with Crippen molar-refractivity contribution in [3.63, 3.8) is 0 Å². The number of benzene rings is 2. The summed E-state index contributed by atoms with van der Waals surface area (Å²) in [4.78, 5) is 10.4. The van der Waals surface area contributed by atoms with Crippen LogP contribution in [0, 0.1) is 0 Å². The van der Waals surface area contributed by atoms with Crippen molar-refractivity contribution in [2.45, 2.75) is 11.1 Å². The predicted molar refractivity (Wildman–Crippen MR) is 77.2 cm³/mol. The minimum Gasteiger partial charge on any atom is -0.366 e. The Bertz CT molecular complexity index is 831. The van der Waals surface area contributed by atoms with Gasteiger partial charge < -0.3 is 5.73 Å². The number of primary amides is 1. The molecule has 0 bridgehead atoms. The summed E-state index contributed by atoms with van der Waals surface area (Å²) in [6, 6.07) is 8.54. The lowest BCUT2D eigenvalue weighted by molar-refractivity contribution is -0.137. The number of rotatable bonds is 4. The third-order valence-corrected chi connectivity index (χ3v) is 4.27. The van der Waals surface area contributed by atoms with Gasteiger partial charge in [0.25, 0.3) is 10.0 Å². The van der Waals surface area contributed by atoms with Gasteiger partial charge in [-0.3, -0.25) is 9.52 Å². The Kier molecular flexibility index (Phi) is 4.33. The topological polar surface area (TPSA) is 89.3 Å². The Morgan fingerprint density at radius 1 is 1.04 bits per heavy atom. The number of alkyl halides is 3. The van der Waals surface area contributed by atoms with Crippen LogP contribution in [0.2, 0.25) is 0 Å². The van der Waals surface area contributed by atoms with Gasteiger partial charge in [0.05, 0.1) is 10.5 Å². The minimum atomic E-state index is -4.64. The fourth-order valence-corrected chi connectivity index (χ4v) is 2.86. The second-order valence-electron chi connectivity index (χ2n) is 4.57. The third kappa shape index (κ3) is 4.01. The number of hydrogen-bond acceptors (Lipinski definition) is 3. The summed E-state index contributed by atoms with van der Waals surface area (Å²) in [6.07, 6.45) is -4.64. The summed E-state index contributed by atoms with van der Waals surface area (Å²) in [6.45, 7) is 0. The molecular weight excluding hydrogens is 333 g/mol. The van der Waals surface area contributed by atoms with E-state index in [0.717, 1.165) is 18.2 Å². The van der Waals surface area contributed by atoms with Crippen LogP contribution in [0.3, 0.4) is 0 Å². The monoisotopic (exact) mass is 344 g/mol. The SMILES string of the molecule is NC(=O)c1ccc(NS(=O)(=O)c2cccc(C(F)(F)F)c2)cc1. The lowest BCUT2D eigenvalue weighted by atomic mass is 10.2. The Labute approximate surface area is 130 Å². The van der Waals surface area contributed by atoms with E-state index in [1.54, 1.807) is 0 Å². The van der Waals surface area contributed by atoms with Crippen molar-refractivity contribution in [2.75, 3.05) is 4.72 Å². The zero-order valence-corrected chi connectivity index (χ0v) is 12.3. The molecule has 0 atom stereocenters. The Balaban J connectivity index is 2.30. The average molecular weight is 344 g/mol. The summed E-state index contributed by atoms with van der Waals surface area (Å²) in [5.41, 5.74) is 4.25. The highest BCUT2D eigenvalue weighted by Crippen LogP contribution is 2.30. The van der Waals surface area contributed by atoms with E-state index in [9.17, 15) is 26.4 Å². The molecule has 5 nitrogen and oxygen atoms in total. The number of nitrogens with two attached hydrogens (primary N) is 1. The maximum absolute atomic E-state index is 12.6. The van der Waals surface area contributed by atoms with Gasteiger partial charge >= 0.3 is 6.18 Å². The Morgan fingerprint density at radius 2 is 1.65 bits per heavy atom. The molecule has 0 aliphatic rings. The van der Waals surface area contributed by atoms with Crippen LogP contribution in [0.1, 0.15) is 15.9 Å². The van der Waals surface area contributed by atoms with Gasteiger partial charge in [-0.05, 0) is 42.5 Å². The molecule has 1 amide bonds. The third-order valence-electron chi connectivity index (χ3n) is 2.89. The average Bonchev–Trinajstić information content (AvgIpc) is 2.46. The largest absolute Gasteiger partial charge is 0.416 e. The molecular formula is C14H11F3N2O3S. The summed E-state index contributed by atoms with van der Waals surface area (Å²) in [5.74, 6) is -0.683. The van der Waals surface area contributed by atoms with Gasteiger partial charge in [0.15, 0.2) is 0 Å². The summed E-state index contributed by atoms with van der Waals surface area (Å²) >= 11 is 0. The van der Waals surface area contributed by atoms with Gasteiger partial charge in [0, 0.05) is 11.3 Å².